The van der Waals surface area contributed by atoms with Crippen molar-refractivity contribution >= 4 is 34.2 Å². The summed E-state index contributed by atoms with van der Waals surface area (Å²) in [5.41, 5.74) is 1.82. The van der Waals surface area contributed by atoms with Crippen molar-refractivity contribution in [2.75, 3.05) is 0 Å². The molecule has 0 aliphatic rings. The Bertz CT molecular complexity index is 1110. The first kappa shape index (κ1) is 18.2. The number of pyridine rings is 1. The number of thiophene rings is 1. The van der Waals surface area contributed by atoms with Crippen molar-refractivity contribution in [3.8, 4) is 0 Å². The van der Waals surface area contributed by atoms with E-state index in [2.05, 4.69) is 24.0 Å². The number of benzene rings is 1. The minimum Gasteiger partial charge on any atom is -0.467 e. The number of hydrogen-bond donors (Lipinski definition) is 0. The molecular weight excluding hydrogens is 368 g/mol. The highest BCUT2D eigenvalue weighted by Crippen LogP contribution is 2.20. The van der Waals surface area contributed by atoms with E-state index in [4.69, 9.17) is 4.42 Å². The normalized spacial score (nSPS) is 11.3. The maximum atomic E-state index is 13.0. The van der Waals surface area contributed by atoms with Crippen LogP contribution in [0.5, 0.6) is 0 Å². The third-order valence-corrected chi connectivity index (χ3v) is 5.44. The molecule has 4 rings (SSSR count). The highest BCUT2D eigenvalue weighted by Gasteiger charge is 2.15. The van der Waals surface area contributed by atoms with Crippen molar-refractivity contribution in [1.29, 1.82) is 0 Å². The average molecular weight is 388 g/mol. The number of carbonyl (C=O) groups excluding carboxylic acids is 1. The predicted octanol–water partition coefficient (Wildman–Crippen LogP) is 5.44. The van der Waals surface area contributed by atoms with Gasteiger partial charge in [-0.15, -0.1) is 11.3 Å². The maximum Gasteiger partial charge on any atom is 0.247 e. The van der Waals surface area contributed by atoms with Crippen molar-refractivity contribution in [1.82, 2.24) is 9.88 Å². The van der Waals surface area contributed by atoms with Gasteiger partial charge in [0, 0.05) is 33.0 Å². The van der Waals surface area contributed by atoms with E-state index in [-0.39, 0.29) is 5.91 Å². The standard InChI is InChI=1S/C23H20N2O2S/c1-17-9-11-21(28-17)16-25(15-20-8-4-14-27-20)22(26)12-10-19-6-2-5-18-7-3-13-24-23(18)19/h2-14H,15-16H2,1H3/b12-10+. The predicted molar refractivity (Wildman–Crippen MR) is 113 cm³/mol. The summed E-state index contributed by atoms with van der Waals surface area (Å²) >= 11 is 1.70. The minimum absolute atomic E-state index is 0.0598. The zero-order valence-corrected chi connectivity index (χ0v) is 16.4. The fraction of sp³-hybridized carbons (Fsp3) is 0.130. The van der Waals surface area contributed by atoms with E-state index in [9.17, 15) is 4.79 Å². The first-order chi connectivity index (χ1) is 13.7. The number of rotatable bonds is 6. The molecule has 0 radical (unpaired) electrons. The van der Waals surface area contributed by atoms with E-state index in [1.807, 2.05) is 48.5 Å². The fourth-order valence-corrected chi connectivity index (χ4v) is 4.00. The van der Waals surface area contributed by atoms with E-state index >= 15 is 0 Å². The summed E-state index contributed by atoms with van der Waals surface area (Å²) in [4.78, 5) is 21.6. The molecule has 4 aromatic rings. The lowest BCUT2D eigenvalue weighted by Gasteiger charge is -2.19. The van der Waals surface area contributed by atoms with Crippen LogP contribution in [-0.2, 0) is 17.9 Å². The Hall–Kier alpha value is -3.18. The zero-order chi connectivity index (χ0) is 19.3. The molecule has 1 aromatic carbocycles. The fourth-order valence-electron chi connectivity index (χ4n) is 3.09. The Balaban J connectivity index is 1.58. The summed E-state index contributed by atoms with van der Waals surface area (Å²) in [7, 11) is 0. The van der Waals surface area contributed by atoms with Crippen LogP contribution in [-0.4, -0.2) is 15.8 Å². The van der Waals surface area contributed by atoms with Gasteiger partial charge < -0.3 is 9.32 Å². The number of aryl methyl sites for hydroxylation is 1. The molecule has 3 aromatic heterocycles. The van der Waals surface area contributed by atoms with Crippen LogP contribution < -0.4 is 0 Å². The molecule has 0 spiro atoms. The zero-order valence-electron chi connectivity index (χ0n) is 15.5. The second-order valence-electron chi connectivity index (χ2n) is 6.54. The third-order valence-electron chi connectivity index (χ3n) is 4.45. The quantitative estimate of drug-likeness (QED) is 0.413. The summed E-state index contributed by atoms with van der Waals surface area (Å²) in [6, 6.07) is 17.8. The summed E-state index contributed by atoms with van der Waals surface area (Å²) in [6.45, 7) is 3.05. The van der Waals surface area contributed by atoms with Gasteiger partial charge in [0.1, 0.15) is 5.76 Å². The highest BCUT2D eigenvalue weighted by atomic mass is 32.1. The lowest BCUT2D eigenvalue weighted by Crippen LogP contribution is -2.28. The van der Waals surface area contributed by atoms with Crippen LogP contribution in [0, 0.1) is 6.92 Å². The van der Waals surface area contributed by atoms with Gasteiger partial charge in [0.15, 0.2) is 0 Å². The molecule has 0 atom stereocenters. The lowest BCUT2D eigenvalue weighted by molar-refractivity contribution is -0.127. The average Bonchev–Trinajstić information content (AvgIpc) is 3.37. The number of carbonyl (C=O) groups is 1. The highest BCUT2D eigenvalue weighted by molar-refractivity contribution is 7.11. The Kier molecular flexibility index (Phi) is 5.35. The van der Waals surface area contributed by atoms with Gasteiger partial charge in [0.2, 0.25) is 5.91 Å². The van der Waals surface area contributed by atoms with Gasteiger partial charge in [0.05, 0.1) is 24.9 Å². The van der Waals surface area contributed by atoms with E-state index in [0.717, 1.165) is 27.1 Å². The Labute approximate surface area is 167 Å². The Morgan fingerprint density at radius 1 is 1.11 bits per heavy atom. The molecule has 0 unspecified atom stereocenters. The van der Waals surface area contributed by atoms with Gasteiger partial charge in [-0.2, -0.15) is 0 Å². The Morgan fingerprint density at radius 3 is 2.79 bits per heavy atom. The summed E-state index contributed by atoms with van der Waals surface area (Å²) in [6.07, 6.45) is 6.86. The minimum atomic E-state index is -0.0598. The SMILES string of the molecule is Cc1ccc(CN(Cc2ccco2)C(=O)/C=C/c2cccc3cccnc23)s1. The van der Waals surface area contributed by atoms with E-state index in [1.54, 1.807) is 34.8 Å². The van der Waals surface area contributed by atoms with Crippen LogP contribution in [0.4, 0.5) is 0 Å². The summed E-state index contributed by atoms with van der Waals surface area (Å²) in [5.74, 6) is 0.706. The number of hydrogen-bond acceptors (Lipinski definition) is 4. The summed E-state index contributed by atoms with van der Waals surface area (Å²) in [5, 5.41) is 1.05. The largest absolute Gasteiger partial charge is 0.467 e. The van der Waals surface area contributed by atoms with Gasteiger partial charge in [-0.25, -0.2) is 0 Å². The van der Waals surface area contributed by atoms with Crippen molar-refractivity contribution in [2.24, 2.45) is 0 Å². The summed E-state index contributed by atoms with van der Waals surface area (Å²) < 4.78 is 5.45. The second kappa shape index (κ2) is 8.23. The van der Waals surface area contributed by atoms with Crippen molar-refractivity contribution in [3.05, 3.63) is 94.2 Å². The second-order valence-corrected chi connectivity index (χ2v) is 7.91. The van der Waals surface area contributed by atoms with Gasteiger partial charge in [-0.05, 0) is 43.3 Å². The molecule has 0 saturated carbocycles. The maximum absolute atomic E-state index is 13.0. The van der Waals surface area contributed by atoms with Crippen LogP contribution in [0.3, 0.4) is 0 Å². The van der Waals surface area contributed by atoms with Crippen LogP contribution in [0.2, 0.25) is 0 Å². The van der Waals surface area contributed by atoms with E-state index < -0.39 is 0 Å². The molecule has 0 aliphatic heterocycles. The molecule has 0 saturated heterocycles. The lowest BCUT2D eigenvalue weighted by atomic mass is 10.1. The number of amides is 1. The Morgan fingerprint density at radius 2 is 2.00 bits per heavy atom. The molecular formula is C23H20N2O2S. The topological polar surface area (TPSA) is 46.3 Å². The number of fused-ring (bicyclic) bond motifs is 1. The van der Waals surface area contributed by atoms with E-state index in [1.165, 1.54) is 4.88 Å². The van der Waals surface area contributed by atoms with Crippen LogP contribution >= 0.6 is 11.3 Å². The van der Waals surface area contributed by atoms with Gasteiger partial charge in [-0.1, -0.05) is 24.3 Å². The molecule has 1 amide bonds. The van der Waals surface area contributed by atoms with Gasteiger partial charge >= 0.3 is 0 Å². The van der Waals surface area contributed by atoms with E-state index in [0.29, 0.717) is 13.1 Å². The molecule has 140 valence electrons. The molecule has 4 nitrogen and oxygen atoms in total. The van der Waals surface area contributed by atoms with Crippen molar-refractivity contribution in [2.45, 2.75) is 20.0 Å². The first-order valence-electron chi connectivity index (χ1n) is 9.07. The van der Waals surface area contributed by atoms with Crippen LogP contribution in [0.25, 0.3) is 17.0 Å². The van der Waals surface area contributed by atoms with Gasteiger partial charge in [0.25, 0.3) is 0 Å². The van der Waals surface area contributed by atoms with Gasteiger partial charge in [-0.3, -0.25) is 9.78 Å². The first-order valence-corrected chi connectivity index (χ1v) is 9.89. The molecule has 3 heterocycles. The van der Waals surface area contributed by atoms with Crippen molar-refractivity contribution in [3.63, 3.8) is 0 Å². The smallest absolute Gasteiger partial charge is 0.247 e. The molecule has 0 fully saturated rings. The number of furan rings is 1. The molecule has 0 aliphatic carbocycles. The molecule has 0 N–H and O–H groups in total. The number of para-hydroxylation sites is 1. The van der Waals surface area contributed by atoms with Crippen molar-refractivity contribution < 1.29 is 9.21 Å². The van der Waals surface area contributed by atoms with Crippen LogP contribution in [0.15, 0.2) is 77.6 Å². The third kappa shape index (κ3) is 4.21. The number of aromatic nitrogens is 1. The van der Waals surface area contributed by atoms with Crippen LogP contribution in [0.1, 0.15) is 21.1 Å². The number of nitrogens with zero attached hydrogens (tertiary/aromatic N) is 2. The monoisotopic (exact) mass is 388 g/mol. The molecule has 28 heavy (non-hydrogen) atoms. The molecule has 0 bridgehead atoms. The molecule has 5 heteroatoms.